The van der Waals surface area contributed by atoms with Gasteiger partial charge in [-0.25, -0.2) is 0 Å². The molecule has 0 saturated carbocycles. The Labute approximate surface area is 221 Å². The SMILES string of the molecule is COCC1CO1.COCC1CO1.COCC1CO1.c1ccc(C(c2ccccc2)c2ccccc2)cc1. The van der Waals surface area contributed by atoms with Crippen molar-refractivity contribution in [2.45, 2.75) is 24.2 Å². The molecule has 0 radical (unpaired) electrons. The van der Waals surface area contributed by atoms with Crippen molar-refractivity contribution in [3.63, 3.8) is 0 Å². The van der Waals surface area contributed by atoms with E-state index in [0.717, 1.165) is 39.6 Å². The number of hydrogen-bond acceptors (Lipinski definition) is 6. The summed E-state index contributed by atoms with van der Waals surface area (Å²) in [4.78, 5) is 0. The van der Waals surface area contributed by atoms with E-state index in [1.165, 1.54) is 16.7 Å². The third kappa shape index (κ3) is 12.5. The first-order valence-corrected chi connectivity index (χ1v) is 12.7. The first-order valence-electron chi connectivity index (χ1n) is 12.7. The average molecular weight is 509 g/mol. The number of epoxide rings is 3. The van der Waals surface area contributed by atoms with E-state index in [-0.39, 0.29) is 0 Å². The zero-order chi connectivity index (χ0) is 26.1. The van der Waals surface area contributed by atoms with Crippen molar-refractivity contribution < 1.29 is 28.4 Å². The smallest absolute Gasteiger partial charge is 0.104 e. The second kappa shape index (κ2) is 17.0. The Hall–Kier alpha value is -2.58. The van der Waals surface area contributed by atoms with Gasteiger partial charge in [-0.1, -0.05) is 91.0 Å². The lowest BCUT2D eigenvalue weighted by Gasteiger charge is -2.18. The summed E-state index contributed by atoms with van der Waals surface area (Å²) >= 11 is 0. The molecular formula is C31H40O6. The van der Waals surface area contributed by atoms with Crippen LogP contribution in [0.4, 0.5) is 0 Å². The van der Waals surface area contributed by atoms with Gasteiger partial charge in [0.15, 0.2) is 0 Å². The molecule has 37 heavy (non-hydrogen) atoms. The highest BCUT2D eigenvalue weighted by Crippen LogP contribution is 2.31. The second-order valence-corrected chi connectivity index (χ2v) is 8.90. The van der Waals surface area contributed by atoms with Crippen molar-refractivity contribution in [1.82, 2.24) is 0 Å². The molecule has 3 atom stereocenters. The third-order valence-electron chi connectivity index (χ3n) is 5.66. The molecule has 3 aromatic carbocycles. The summed E-state index contributed by atoms with van der Waals surface area (Å²) in [5, 5.41) is 0. The molecule has 3 saturated heterocycles. The fourth-order valence-electron chi connectivity index (χ4n) is 3.56. The summed E-state index contributed by atoms with van der Waals surface area (Å²) in [6, 6.07) is 32.0. The lowest BCUT2D eigenvalue weighted by Crippen LogP contribution is -2.02. The Bertz CT molecular complexity index is 814. The highest BCUT2D eigenvalue weighted by atomic mass is 16.6. The molecular weight excluding hydrogens is 468 g/mol. The minimum atomic E-state index is 0.309. The Morgan fingerprint density at radius 2 is 0.757 bits per heavy atom. The average Bonchev–Trinajstić information content (AvgIpc) is 3.78. The van der Waals surface area contributed by atoms with Gasteiger partial charge in [0.2, 0.25) is 0 Å². The van der Waals surface area contributed by atoms with Crippen LogP contribution < -0.4 is 0 Å². The molecule has 3 aliphatic heterocycles. The molecule has 6 nitrogen and oxygen atoms in total. The maximum atomic E-state index is 4.82. The van der Waals surface area contributed by atoms with Crippen molar-refractivity contribution in [2.75, 3.05) is 61.0 Å². The molecule has 0 aromatic heterocycles. The van der Waals surface area contributed by atoms with Gasteiger partial charge in [-0.3, -0.25) is 0 Å². The molecule has 3 aliphatic rings. The van der Waals surface area contributed by atoms with E-state index >= 15 is 0 Å². The van der Waals surface area contributed by atoms with Gasteiger partial charge in [-0.2, -0.15) is 0 Å². The predicted octanol–water partition coefficient (Wildman–Crippen LogP) is 4.96. The molecule has 0 N–H and O–H groups in total. The third-order valence-corrected chi connectivity index (χ3v) is 5.66. The Balaban J connectivity index is 0.000000170. The highest BCUT2D eigenvalue weighted by molar-refractivity contribution is 5.42. The van der Waals surface area contributed by atoms with Crippen LogP contribution in [-0.4, -0.2) is 79.3 Å². The van der Waals surface area contributed by atoms with Crippen molar-refractivity contribution in [3.05, 3.63) is 108 Å². The first kappa shape index (κ1) is 29.0. The Morgan fingerprint density at radius 3 is 0.919 bits per heavy atom. The number of methoxy groups -OCH3 is 3. The largest absolute Gasteiger partial charge is 0.382 e. The van der Waals surface area contributed by atoms with Crippen molar-refractivity contribution in [1.29, 1.82) is 0 Å². The van der Waals surface area contributed by atoms with Gasteiger partial charge in [0, 0.05) is 27.2 Å². The van der Waals surface area contributed by atoms with Crippen LogP contribution in [0.3, 0.4) is 0 Å². The zero-order valence-corrected chi connectivity index (χ0v) is 22.2. The van der Waals surface area contributed by atoms with E-state index in [4.69, 9.17) is 28.4 Å². The summed E-state index contributed by atoms with van der Waals surface area (Å²) in [5.41, 5.74) is 4.00. The van der Waals surface area contributed by atoms with Crippen LogP contribution in [0.15, 0.2) is 91.0 Å². The van der Waals surface area contributed by atoms with Crippen LogP contribution in [0.1, 0.15) is 22.6 Å². The maximum absolute atomic E-state index is 4.82. The van der Waals surface area contributed by atoms with Gasteiger partial charge in [0.25, 0.3) is 0 Å². The van der Waals surface area contributed by atoms with Gasteiger partial charge in [-0.05, 0) is 16.7 Å². The summed E-state index contributed by atoms with van der Waals surface area (Å²) < 4.78 is 28.7. The minimum absolute atomic E-state index is 0.309. The molecule has 6 rings (SSSR count). The van der Waals surface area contributed by atoms with Gasteiger partial charge in [0.05, 0.1) is 39.6 Å². The predicted molar refractivity (Wildman–Crippen MR) is 145 cm³/mol. The van der Waals surface area contributed by atoms with Gasteiger partial charge >= 0.3 is 0 Å². The second-order valence-electron chi connectivity index (χ2n) is 8.90. The zero-order valence-electron chi connectivity index (χ0n) is 22.2. The molecule has 3 heterocycles. The summed E-state index contributed by atoms with van der Waals surface area (Å²) in [5.74, 6) is 0.309. The fourth-order valence-corrected chi connectivity index (χ4v) is 3.56. The molecule has 6 heteroatoms. The van der Waals surface area contributed by atoms with E-state index in [0.29, 0.717) is 24.2 Å². The van der Waals surface area contributed by atoms with E-state index in [9.17, 15) is 0 Å². The van der Waals surface area contributed by atoms with Crippen LogP contribution in [-0.2, 0) is 28.4 Å². The van der Waals surface area contributed by atoms with Crippen molar-refractivity contribution in [2.24, 2.45) is 0 Å². The standard InChI is InChI=1S/C19H16.3C4H8O2/c1-4-10-16(11-5-1)19(17-12-6-2-7-13-17)18-14-8-3-9-15-18;3*1-5-2-4-3-6-4/h1-15,19H;3*4H,2-3H2,1H3. The molecule has 3 fully saturated rings. The van der Waals surface area contributed by atoms with Gasteiger partial charge in [-0.15, -0.1) is 0 Å². The molecule has 3 unspecified atom stereocenters. The topological polar surface area (TPSA) is 65.3 Å². The Kier molecular flexibility index (Phi) is 13.3. The molecule has 200 valence electrons. The van der Waals surface area contributed by atoms with Crippen molar-refractivity contribution in [3.8, 4) is 0 Å². The van der Waals surface area contributed by atoms with E-state index in [1.807, 2.05) is 0 Å². The maximum Gasteiger partial charge on any atom is 0.104 e. The van der Waals surface area contributed by atoms with Crippen LogP contribution >= 0.6 is 0 Å². The first-order chi connectivity index (χ1) is 18.2. The van der Waals surface area contributed by atoms with Crippen LogP contribution in [0.5, 0.6) is 0 Å². The Morgan fingerprint density at radius 1 is 0.514 bits per heavy atom. The number of hydrogen-bond donors (Lipinski definition) is 0. The number of rotatable bonds is 9. The quantitative estimate of drug-likeness (QED) is 0.301. The minimum Gasteiger partial charge on any atom is -0.382 e. The van der Waals surface area contributed by atoms with Gasteiger partial charge in [0.1, 0.15) is 18.3 Å². The van der Waals surface area contributed by atoms with Crippen LogP contribution in [0.2, 0.25) is 0 Å². The molecule has 0 bridgehead atoms. The van der Waals surface area contributed by atoms with E-state index in [1.54, 1.807) is 21.3 Å². The normalized spacial score (nSPS) is 20.3. The number of benzene rings is 3. The van der Waals surface area contributed by atoms with Crippen LogP contribution in [0, 0.1) is 0 Å². The summed E-state index contributed by atoms with van der Waals surface area (Å²) in [6.07, 6.45) is 1.28. The van der Waals surface area contributed by atoms with Crippen molar-refractivity contribution >= 4 is 0 Å². The lowest BCUT2D eigenvalue weighted by molar-refractivity contribution is 0.171. The summed E-state index contributed by atoms with van der Waals surface area (Å²) in [6.45, 7) is 4.98. The molecule has 0 aliphatic carbocycles. The summed E-state index contributed by atoms with van der Waals surface area (Å²) in [7, 11) is 5.05. The van der Waals surface area contributed by atoms with Gasteiger partial charge < -0.3 is 28.4 Å². The monoisotopic (exact) mass is 508 g/mol. The molecule has 0 amide bonds. The molecule has 3 aromatic rings. The number of ether oxygens (including phenoxy) is 6. The van der Waals surface area contributed by atoms with Crippen LogP contribution in [0.25, 0.3) is 0 Å². The highest BCUT2D eigenvalue weighted by Gasteiger charge is 2.22. The molecule has 0 spiro atoms. The lowest BCUT2D eigenvalue weighted by atomic mass is 9.85. The fraction of sp³-hybridized carbons (Fsp3) is 0.419. The van der Waals surface area contributed by atoms with E-state index < -0.39 is 0 Å². The van der Waals surface area contributed by atoms with E-state index in [2.05, 4.69) is 91.0 Å².